The summed E-state index contributed by atoms with van der Waals surface area (Å²) in [7, 11) is 0. The molecule has 6 heteroatoms. The van der Waals surface area contributed by atoms with E-state index in [4.69, 9.17) is 14.2 Å². The van der Waals surface area contributed by atoms with Gasteiger partial charge in [-0.15, -0.1) is 0 Å². The molecule has 0 aromatic rings. The lowest BCUT2D eigenvalue weighted by Gasteiger charge is -2.18. The van der Waals surface area contributed by atoms with E-state index in [-0.39, 0.29) is 31.1 Å². The second-order valence-electron chi connectivity index (χ2n) is 21.6. The van der Waals surface area contributed by atoms with Gasteiger partial charge in [-0.1, -0.05) is 279 Å². The molecule has 442 valence electrons. The molecule has 0 bridgehead atoms. The number of allylic oxidation sites excluding steroid dienone is 16. The van der Waals surface area contributed by atoms with Gasteiger partial charge >= 0.3 is 17.9 Å². The van der Waals surface area contributed by atoms with Gasteiger partial charge in [-0.05, 0) is 116 Å². The second-order valence-corrected chi connectivity index (χ2v) is 21.6. The van der Waals surface area contributed by atoms with Crippen molar-refractivity contribution in [2.75, 3.05) is 13.2 Å². The Morgan fingerprint density at radius 2 is 0.519 bits per heavy atom. The summed E-state index contributed by atoms with van der Waals surface area (Å²) in [4.78, 5) is 38.2. The molecule has 0 saturated carbocycles. The van der Waals surface area contributed by atoms with Gasteiger partial charge in [-0.3, -0.25) is 14.4 Å². The Hall–Kier alpha value is -3.67. The van der Waals surface area contributed by atoms with E-state index >= 15 is 0 Å². The zero-order valence-corrected chi connectivity index (χ0v) is 50.7. The molecule has 0 aliphatic heterocycles. The number of carbonyl (C=O) groups excluding carboxylic acids is 3. The van der Waals surface area contributed by atoms with Gasteiger partial charge in [0.1, 0.15) is 13.2 Å². The molecule has 77 heavy (non-hydrogen) atoms. The normalized spacial score (nSPS) is 12.7. The summed E-state index contributed by atoms with van der Waals surface area (Å²) >= 11 is 0. The second kappa shape index (κ2) is 64.9. The molecule has 0 aromatic heterocycles. The van der Waals surface area contributed by atoms with Gasteiger partial charge in [0.15, 0.2) is 6.10 Å². The van der Waals surface area contributed by atoms with Crippen molar-refractivity contribution >= 4 is 17.9 Å². The minimum absolute atomic E-state index is 0.0812. The first-order valence-corrected chi connectivity index (χ1v) is 32.7. The Morgan fingerprint density at radius 3 is 0.844 bits per heavy atom. The predicted octanol–water partition coefficient (Wildman–Crippen LogP) is 22.4. The maximum atomic E-state index is 12.9. The van der Waals surface area contributed by atoms with Crippen LogP contribution < -0.4 is 0 Å². The van der Waals surface area contributed by atoms with Crippen LogP contribution in [0.4, 0.5) is 0 Å². The smallest absolute Gasteiger partial charge is 0.306 e. The molecule has 0 N–H and O–H groups in total. The van der Waals surface area contributed by atoms with Gasteiger partial charge in [0.25, 0.3) is 0 Å². The number of unbranched alkanes of at least 4 members (excludes halogenated alkanes) is 32. The van der Waals surface area contributed by atoms with Crippen LogP contribution in [0, 0.1) is 0 Å². The highest BCUT2D eigenvalue weighted by Crippen LogP contribution is 2.16. The van der Waals surface area contributed by atoms with Crippen molar-refractivity contribution < 1.29 is 28.6 Å². The predicted molar refractivity (Wildman–Crippen MR) is 334 cm³/mol. The lowest BCUT2D eigenvalue weighted by atomic mass is 10.0. The first-order chi connectivity index (χ1) is 38.0. The van der Waals surface area contributed by atoms with Gasteiger partial charge in [0.2, 0.25) is 0 Å². The van der Waals surface area contributed by atoms with E-state index in [0.29, 0.717) is 19.3 Å². The van der Waals surface area contributed by atoms with Crippen molar-refractivity contribution in [3.8, 4) is 0 Å². The van der Waals surface area contributed by atoms with Crippen LogP contribution in [-0.4, -0.2) is 37.2 Å². The molecule has 0 radical (unpaired) electrons. The topological polar surface area (TPSA) is 78.9 Å². The van der Waals surface area contributed by atoms with E-state index in [9.17, 15) is 14.4 Å². The summed E-state index contributed by atoms with van der Waals surface area (Å²) in [6.45, 7) is 6.47. The van der Waals surface area contributed by atoms with Crippen LogP contribution in [0.15, 0.2) is 97.2 Å². The average molecular weight is 1070 g/mol. The molecule has 6 nitrogen and oxygen atoms in total. The molecule has 1 atom stereocenters. The molecule has 0 amide bonds. The fourth-order valence-corrected chi connectivity index (χ4v) is 9.13. The monoisotopic (exact) mass is 1070 g/mol. The molecular weight excluding hydrogens is 949 g/mol. The number of ether oxygens (including phenoxy) is 3. The van der Waals surface area contributed by atoms with E-state index < -0.39 is 6.10 Å². The molecule has 0 heterocycles. The number of esters is 3. The summed E-state index contributed by atoms with van der Waals surface area (Å²) in [5, 5.41) is 0. The highest BCUT2D eigenvalue weighted by molar-refractivity contribution is 5.71. The van der Waals surface area contributed by atoms with Gasteiger partial charge in [0.05, 0.1) is 0 Å². The lowest BCUT2D eigenvalue weighted by Crippen LogP contribution is -2.30. The van der Waals surface area contributed by atoms with Crippen LogP contribution in [0.2, 0.25) is 0 Å². The zero-order valence-electron chi connectivity index (χ0n) is 50.7. The van der Waals surface area contributed by atoms with Crippen LogP contribution in [0.1, 0.15) is 316 Å². The number of carbonyl (C=O) groups is 3. The third-order valence-corrected chi connectivity index (χ3v) is 14.0. The molecule has 0 aliphatic carbocycles. The number of rotatable bonds is 59. The zero-order chi connectivity index (χ0) is 55.7. The fraction of sp³-hybridized carbons (Fsp3) is 0.732. The maximum absolute atomic E-state index is 12.9. The Morgan fingerprint density at radius 1 is 0.273 bits per heavy atom. The molecule has 0 saturated heterocycles. The van der Waals surface area contributed by atoms with E-state index in [0.717, 1.165) is 109 Å². The van der Waals surface area contributed by atoms with Gasteiger partial charge < -0.3 is 14.2 Å². The number of hydrogen-bond donors (Lipinski definition) is 0. The van der Waals surface area contributed by atoms with Crippen molar-refractivity contribution in [2.24, 2.45) is 0 Å². The van der Waals surface area contributed by atoms with E-state index in [1.165, 1.54) is 167 Å². The Bertz CT molecular complexity index is 1510. The highest BCUT2D eigenvalue weighted by atomic mass is 16.6. The third-order valence-electron chi connectivity index (χ3n) is 14.0. The minimum Gasteiger partial charge on any atom is -0.462 e. The Balaban J connectivity index is 4.18. The van der Waals surface area contributed by atoms with E-state index in [1.54, 1.807) is 0 Å². The van der Waals surface area contributed by atoms with Crippen molar-refractivity contribution in [3.63, 3.8) is 0 Å². The van der Waals surface area contributed by atoms with E-state index in [2.05, 4.69) is 118 Å². The maximum Gasteiger partial charge on any atom is 0.306 e. The highest BCUT2D eigenvalue weighted by Gasteiger charge is 2.19. The molecule has 0 rings (SSSR count). The van der Waals surface area contributed by atoms with Crippen LogP contribution in [0.3, 0.4) is 0 Å². The van der Waals surface area contributed by atoms with Crippen LogP contribution in [0.25, 0.3) is 0 Å². The largest absolute Gasteiger partial charge is 0.462 e. The standard InChI is InChI=1S/C71H122O6/c1-4-7-10-13-16-19-22-24-26-28-29-30-31-32-33-34-35-36-37-38-39-40-41-43-44-46-49-52-55-58-61-64-70(73)76-67-68(66-75-69(72)63-60-57-54-51-48-21-18-15-12-9-6-3)77-71(74)65-62-59-56-53-50-47-45-42-27-25-23-20-17-14-11-8-5-2/h7,10,15-20,24-27,29-30,32-33,68H,4-6,8-9,11-14,21-23,28,31,34-67H2,1-3H3/b10-7-,18-15-,19-16-,20-17-,26-24-,27-25-,30-29-,33-32-. The van der Waals surface area contributed by atoms with Gasteiger partial charge in [0, 0.05) is 19.3 Å². The summed E-state index contributed by atoms with van der Waals surface area (Å²) in [6.07, 6.45) is 87.1. The van der Waals surface area contributed by atoms with Gasteiger partial charge in [-0.25, -0.2) is 0 Å². The molecule has 0 aromatic carbocycles. The quantitative estimate of drug-likeness (QED) is 0.0261. The summed E-state index contributed by atoms with van der Waals surface area (Å²) in [5.41, 5.74) is 0. The first-order valence-electron chi connectivity index (χ1n) is 32.7. The first kappa shape index (κ1) is 73.3. The molecule has 0 aliphatic rings. The molecule has 0 fully saturated rings. The average Bonchev–Trinajstić information content (AvgIpc) is 3.43. The third kappa shape index (κ3) is 63.0. The van der Waals surface area contributed by atoms with Crippen LogP contribution >= 0.6 is 0 Å². The molecular formula is C71H122O6. The molecule has 1 unspecified atom stereocenters. The lowest BCUT2D eigenvalue weighted by molar-refractivity contribution is -0.167. The summed E-state index contributed by atoms with van der Waals surface area (Å²) in [6, 6.07) is 0. The van der Waals surface area contributed by atoms with Crippen molar-refractivity contribution in [1.29, 1.82) is 0 Å². The fourth-order valence-electron chi connectivity index (χ4n) is 9.13. The Labute approximate surface area is 477 Å². The van der Waals surface area contributed by atoms with E-state index in [1.807, 2.05) is 0 Å². The Kier molecular flexibility index (Phi) is 61.8. The number of hydrogen-bond acceptors (Lipinski definition) is 6. The van der Waals surface area contributed by atoms with Crippen molar-refractivity contribution in [2.45, 2.75) is 322 Å². The SMILES string of the molecule is CC/C=C\C/C=C\C/C=C\C/C=C\C/C=C\CCCCCCCCCCCCCCCCCC(=O)OCC(COC(=O)CCCCCCC/C=C\CCCC)OC(=O)CCCCCCCCC/C=C\C/C=C\CCCCC. The summed E-state index contributed by atoms with van der Waals surface area (Å²) < 4.78 is 16.9. The van der Waals surface area contributed by atoms with Gasteiger partial charge in [-0.2, -0.15) is 0 Å². The summed E-state index contributed by atoms with van der Waals surface area (Å²) in [5.74, 6) is -0.889. The molecule has 0 spiro atoms. The minimum atomic E-state index is -0.784. The van der Waals surface area contributed by atoms with Crippen molar-refractivity contribution in [1.82, 2.24) is 0 Å². The van der Waals surface area contributed by atoms with Crippen LogP contribution in [0.5, 0.6) is 0 Å². The van der Waals surface area contributed by atoms with Crippen molar-refractivity contribution in [3.05, 3.63) is 97.2 Å². The van der Waals surface area contributed by atoms with Crippen LogP contribution in [-0.2, 0) is 28.6 Å².